The highest BCUT2D eigenvalue weighted by Crippen LogP contribution is 2.33. The molecule has 1 aromatic carbocycles. The molecule has 10 nitrogen and oxygen atoms in total. The van der Waals surface area contributed by atoms with Crippen molar-refractivity contribution in [3.8, 4) is 5.75 Å². The summed E-state index contributed by atoms with van der Waals surface area (Å²) >= 11 is 1.01. The molecule has 1 aromatic heterocycles. The maximum absolute atomic E-state index is 12.7. The van der Waals surface area contributed by atoms with Crippen molar-refractivity contribution in [3.05, 3.63) is 35.7 Å². The molecule has 2 N–H and O–H groups in total. The average molecular weight is 446 g/mol. The zero-order valence-corrected chi connectivity index (χ0v) is 17.9. The van der Waals surface area contributed by atoms with Crippen LogP contribution in [0.15, 0.2) is 33.9 Å². The van der Waals surface area contributed by atoms with Gasteiger partial charge in [-0.05, 0) is 37.5 Å². The van der Waals surface area contributed by atoms with Crippen molar-refractivity contribution in [3.63, 3.8) is 0 Å². The number of urea groups is 1. The second-order valence-corrected chi connectivity index (χ2v) is 8.53. The summed E-state index contributed by atoms with van der Waals surface area (Å²) < 4.78 is 11.1. The van der Waals surface area contributed by atoms with Gasteiger partial charge in [-0.2, -0.15) is 5.01 Å². The largest absolute Gasteiger partial charge is 0.484 e. The van der Waals surface area contributed by atoms with Crippen LogP contribution in [0.5, 0.6) is 5.75 Å². The van der Waals surface area contributed by atoms with Gasteiger partial charge < -0.3 is 14.5 Å². The summed E-state index contributed by atoms with van der Waals surface area (Å²) in [5.41, 5.74) is 2.57. The normalized spacial score (nSPS) is 17.6. The molecule has 0 bridgehead atoms. The fraction of sp³-hybridized carbons (Fsp3) is 0.450. The van der Waals surface area contributed by atoms with E-state index in [1.54, 1.807) is 0 Å². The Labute approximate surface area is 183 Å². The predicted octanol–water partition coefficient (Wildman–Crippen LogP) is 2.34. The minimum atomic E-state index is -0.881. The number of thioether (sulfide) groups is 1. The highest BCUT2D eigenvalue weighted by molar-refractivity contribution is 7.99. The monoisotopic (exact) mass is 445 g/mol. The van der Waals surface area contributed by atoms with E-state index in [4.69, 9.17) is 9.15 Å². The van der Waals surface area contributed by atoms with E-state index in [9.17, 15) is 14.4 Å². The van der Waals surface area contributed by atoms with Gasteiger partial charge in [0.2, 0.25) is 5.91 Å². The van der Waals surface area contributed by atoms with Gasteiger partial charge >= 0.3 is 6.03 Å². The molecule has 164 valence electrons. The highest BCUT2D eigenvalue weighted by atomic mass is 32.2. The average Bonchev–Trinajstić information content (AvgIpc) is 3.30. The van der Waals surface area contributed by atoms with Crippen LogP contribution >= 0.6 is 11.8 Å². The van der Waals surface area contributed by atoms with Crippen molar-refractivity contribution in [1.82, 2.24) is 25.9 Å². The molecular formula is C20H23N5O5S. The maximum Gasteiger partial charge on any atom is 0.344 e. The molecule has 11 heteroatoms. The Morgan fingerprint density at radius 1 is 1.29 bits per heavy atom. The predicted molar refractivity (Wildman–Crippen MR) is 110 cm³/mol. The van der Waals surface area contributed by atoms with Gasteiger partial charge in [-0.3, -0.25) is 15.0 Å². The van der Waals surface area contributed by atoms with Crippen molar-refractivity contribution in [1.29, 1.82) is 0 Å². The molecule has 4 rings (SSSR count). The maximum atomic E-state index is 12.7. The van der Waals surface area contributed by atoms with Crippen molar-refractivity contribution in [2.75, 3.05) is 5.75 Å². The van der Waals surface area contributed by atoms with Gasteiger partial charge in [0.15, 0.2) is 6.61 Å². The Morgan fingerprint density at radius 2 is 2.10 bits per heavy atom. The lowest BCUT2D eigenvalue weighted by Gasteiger charge is -2.30. The van der Waals surface area contributed by atoms with Gasteiger partial charge in [0.25, 0.3) is 17.0 Å². The Bertz CT molecular complexity index is 988. The minimum Gasteiger partial charge on any atom is -0.484 e. The Balaban J connectivity index is 1.25. The molecule has 1 aliphatic carbocycles. The number of amides is 4. The zero-order valence-electron chi connectivity index (χ0n) is 17.1. The lowest BCUT2D eigenvalue weighted by molar-refractivity contribution is -0.139. The first-order valence-corrected chi connectivity index (χ1v) is 11.0. The first-order valence-electron chi connectivity index (χ1n) is 10.1. The second-order valence-electron chi connectivity index (χ2n) is 7.60. The summed E-state index contributed by atoms with van der Waals surface area (Å²) in [6.45, 7) is 2.07. The third kappa shape index (κ3) is 4.82. The number of hydrogen-bond donors (Lipinski definition) is 2. The van der Waals surface area contributed by atoms with Crippen LogP contribution in [-0.2, 0) is 16.2 Å². The first-order chi connectivity index (χ1) is 14.9. The van der Waals surface area contributed by atoms with Crippen molar-refractivity contribution in [2.45, 2.75) is 56.4 Å². The van der Waals surface area contributed by atoms with E-state index in [1.165, 1.54) is 0 Å². The topological polar surface area (TPSA) is 127 Å². The fourth-order valence-corrected chi connectivity index (χ4v) is 4.28. The molecule has 1 aliphatic heterocycles. The zero-order chi connectivity index (χ0) is 21.8. The fourth-order valence-electron chi connectivity index (χ4n) is 3.71. The number of nitrogens with one attached hydrogen (secondary N) is 2. The lowest BCUT2D eigenvalue weighted by atomic mass is 9.82. The SMILES string of the molecule is Cc1cccc(OCc2nnc(SCC(=O)NN3C(=O)NC4(CCCCC4)C3=O)o2)c1. The number of benzene rings is 1. The van der Waals surface area contributed by atoms with Gasteiger partial charge in [-0.25, -0.2) is 4.79 Å². The number of aromatic nitrogens is 2. The molecule has 0 unspecified atom stereocenters. The van der Waals surface area contributed by atoms with E-state index < -0.39 is 23.4 Å². The Hall–Kier alpha value is -3.08. The van der Waals surface area contributed by atoms with E-state index in [0.29, 0.717) is 18.6 Å². The molecule has 2 fully saturated rings. The third-order valence-corrected chi connectivity index (χ3v) is 6.05. The standard InChI is InChI=1S/C20H23N5O5S/c1-13-6-5-7-14(10-13)29-11-16-22-23-19(30-16)31-12-15(26)24-25-17(27)20(21-18(25)28)8-3-2-4-9-20/h5-7,10H,2-4,8-9,11-12H2,1H3,(H,21,28)(H,24,26). The van der Waals surface area contributed by atoms with Crippen LogP contribution in [-0.4, -0.2) is 44.3 Å². The number of rotatable bonds is 7. The lowest BCUT2D eigenvalue weighted by Crippen LogP contribution is -2.51. The quantitative estimate of drug-likeness (QED) is 0.491. The molecule has 0 radical (unpaired) electrons. The number of hydrogen-bond acceptors (Lipinski definition) is 8. The Kier molecular flexibility index (Phi) is 6.12. The van der Waals surface area contributed by atoms with E-state index in [0.717, 1.165) is 41.6 Å². The van der Waals surface area contributed by atoms with Crippen LogP contribution in [0.2, 0.25) is 0 Å². The van der Waals surface area contributed by atoms with Crippen molar-refractivity contribution < 1.29 is 23.5 Å². The smallest absolute Gasteiger partial charge is 0.344 e. The number of ether oxygens (including phenoxy) is 1. The summed E-state index contributed by atoms with van der Waals surface area (Å²) in [4.78, 5) is 37.1. The Morgan fingerprint density at radius 3 is 2.87 bits per heavy atom. The summed E-state index contributed by atoms with van der Waals surface area (Å²) in [7, 11) is 0. The molecule has 2 heterocycles. The van der Waals surface area contributed by atoms with E-state index >= 15 is 0 Å². The van der Waals surface area contributed by atoms with Crippen LogP contribution in [0.4, 0.5) is 4.79 Å². The van der Waals surface area contributed by atoms with Gasteiger partial charge in [0, 0.05) is 0 Å². The van der Waals surface area contributed by atoms with Gasteiger partial charge in [-0.1, -0.05) is 43.2 Å². The van der Waals surface area contributed by atoms with Crippen molar-refractivity contribution >= 4 is 29.6 Å². The number of aryl methyl sites for hydroxylation is 1. The molecule has 2 aromatic rings. The molecule has 2 aliphatic rings. The van der Waals surface area contributed by atoms with Crippen LogP contribution in [0, 0.1) is 6.92 Å². The molecule has 4 amide bonds. The van der Waals surface area contributed by atoms with Gasteiger partial charge in [0.1, 0.15) is 11.3 Å². The molecule has 1 spiro atoms. The van der Waals surface area contributed by atoms with Gasteiger partial charge in [-0.15, -0.1) is 10.2 Å². The van der Waals surface area contributed by atoms with E-state index in [-0.39, 0.29) is 23.5 Å². The number of hydrazine groups is 1. The van der Waals surface area contributed by atoms with Crippen molar-refractivity contribution in [2.24, 2.45) is 0 Å². The number of carbonyl (C=O) groups is 3. The van der Waals surface area contributed by atoms with Crippen LogP contribution in [0.1, 0.15) is 43.6 Å². The van der Waals surface area contributed by atoms with E-state index in [1.807, 2.05) is 31.2 Å². The number of carbonyl (C=O) groups excluding carboxylic acids is 3. The molecular weight excluding hydrogens is 422 g/mol. The first kappa shape index (κ1) is 21.2. The minimum absolute atomic E-state index is 0.0928. The number of nitrogens with zero attached hydrogens (tertiary/aromatic N) is 3. The number of imide groups is 1. The third-order valence-electron chi connectivity index (χ3n) is 5.23. The van der Waals surface area contributed by atoms with Gasteiger partial charge in [0.05, 0.1) is 5.75 Å². The van der Waals surface area contributed by atoms with Crippen LogP contribution < -0.4 is 15.5 Å². The van der Waals surface area contributed by atoms with Crippen LogP contribution in [0.3, 0.4) is 0 Å². The van der Waals surface area contributed by atoms with Crippen LogP contribution in [0.25, 0.3) is 0 Å². The summed E-state index contributed by atoms with van der Waals surface area (Å²) in [5, 5.41) is 11.5. The molecule has 0 atom stereocenters. The summed E-state index contributed by atoms with van der Waals surface area (Å²) in [6, 6.07) is 6.98. The molecule has 1 saturated heterocycles. The second kappa shape index (κ2) is 8.96. The van der Waals surface area contributed by atoms with E-state index in [2.05, 4.69) is 20.9 Å². The summed E-state index contributed by atoms with van der Waals surface area (Å²) in [6.07, 6.45) is 3.96. The molecule has 31 heavy (non-hydrogen) atoms. The molecule has 1 saturated carbocycles. The highest BCUT2D eigenvalue weighted by Gasteiger charge is 2.52. The summed E-state index contributed by atoms with van der Waals surface area (Å²) in [5.74, 6) is -0.0420.